The van der Waals surface area contributed by atoms with Crippen LogP contribution in [0.1, 0.15) is 37.0 Å². The third-order valence-corrected chi connectivity index (χ3v) is 8.08. The van der Waals surface area contributed by atoms with Gasteiger partial charge in [0.1, 0.15) is 11.8 Å². The maximum absolute atomic E-state index is 13.3. The Morgan fingerprint density at radius 2 is 1.88 bits per heavy atom. The van der Waals surface area contributed by atoms with Gasteiger partial charge in [0.15, 0.2) is 0 Å². The molecule has 0 N–H and O–H groups in total. The summed E-state index contributed by atoms with van der Waals surface area (Å²) < 4.78 is 33.0. The van der Waals surface area contributed by atoms with Crippen LogP contribution in [-0.2, 0) is 21.4 Å². The van der Waals surface area contributed by atoms with Gasteiger partial charge in [-0.1, -0.05) is 18.2 Å². The average molecular weight is 469 g/mol. The van der Waals surface area contributed by atoms with E-state index in [9.17, 15) is 18.5 Å². The van der Waals surface area contributed by atoms with Crippen molar-refractivity contribution in [3.05, 3.63) is 65.8 Å². The number of sulfonamides is 1. The quantitative estimate of drug-likeness (QED) is 0.620. The third kappa shape index (κ3) is 5.36. The second-order valence-electron chi connectivity index (χ2n) is 8.29. The van der Waals surface area contributed by atoms with Gasteiger partial charge in [0, 0.05) is 31.9 Å². The molecule has 2 aliphatic rings. The van der Waals surface area contributed by atoms with Gasteiger partial charge >= 0.3 is 0 Å². The number of piperazine rings is 1. The zero-order valence-electron chi connectivity index (χ0n) is 18.5. The molecule has 1 aromatic heterocycles. The SMILES string of the molecule is N#Cc1ccccc1S(=O)(=O)N1CCN(CC(=O)N(Cc2ccco2)C2=CCCCC2)CC1. The number of nitriles is 1. The summed E-state index contributed by atoms with van der Waals surface area (Å²) in [5.74, 6) is 0.729. The first-order valence-electron chi connectivity index (χ1n) is 11.2. The van der Waals surface area contributed by atoms with Gasteiger partial charge < -0.3 is 9.32 Å². The van der Waals surface area contributed by atoms with Crippen molar-refractivity contribution in [2.75, 3.05) is 32.7 Å². The highest BCUT2D eigenvalue weighted by atomic mass is 32.2. The van der Waals surface area contributed by atoms with Crippen LogP contribution in [0.5, 0.6) is 0 Å². The molecule has 0 radical (unpaired) electrons. The van der Waals surface area contributed by atoms with E-state index in [1.165, 1.54) is 16.4 Å². The third-order valence-electron chi connectivity index (χ3n) is 6.12. The predicted octanol–water partition coefficient (Wildman–Crippen LogP) is 2.94. The standard InChI is InChI=1S/C24H28N4O4S/c25-17-20-7-4-5-11-23(20)33(30,31)27-14-12-26(13-15-27)19-24(29)28(18-22-10-6-16-32-22)21-8-2-1-3-9-21/h4-8,10-11,16H,1-3,9,12-15,18-19H2. The van der Waals surface area contributed by atoms with E-state index < -0.39 is 10.0 Å². The van der Waals surface area contributed by atoms with Crippen LogP contribution in [0.4, 0.5) is 0 Å². The molecule has 1 aromatic carbocycles. The molecule has 0 atom stereocenters. The van der Waals surface area contributed by atoms with Crippen LogP contribution in [0.15, 0.2) is 63.7 Å². The fourth-order valence-corrected chi connectivity index (χ4v) is 5.87. The second kappa shape index (κ2) is 10.3. The lowest BCUT2D eigenvalue weighted by Gasteiger charge is -2.35. The highest BCUT2D eigenvalue weighted by Crippen LogP contribution is 2.24. The summed E-state index contributed by atoms with van der Waals surface area (Å²) in [5, 5.41) is 9.28. The van der Waals surface area contributed by atoms with Crippen LogP contribution < -0.4 is 0 Å². The number of rotatable bonds is 7. The molecule has 0 spiro atoms. The summed E-state index contributed by atoms with van der Waals surface area (Å²) >= 11 is 0. The Hall–Kier alpha value is -2.93. The number of benzene rings is 1. The summed E-state index contributed by atoms with van der Waals surface area (Å²) in [5.41, 5.74) is 1.18. The van der Waals surface area contributed by atoms with Gasteiger partial charge in [-0.2, -0.15) is 9.57 Å². The fraction of sp³-hybridized carbons (Fsp3) is 0.417. The smallest absolute Gasteiger partial charge is 0.244 e. The molecule has 4 rings (SSSR count). The number of nitrogens with zero attached hydrogens (tertiary/aromatic N) is 4. The average Bonchev–Trinajstić information content (AvgIpc) is 3.37. The zero-order chi connectivity index (χ0) is 23.3. The van der Waals surface area contributed by atoms with E-state index >= 15 is 0 Å². The molecule has 174 valence electrons. The van der Waals surface area contributed by atoms with E-state index in [2.05, 4.69) is 6.08 Å². The maximum Gasteiger partial charge on any atom is 0.244 e. The minimum absolute atomic E-state index is 0.00863. The van der Waals surface area contributed by atoms with Crippen LogP contribution in [0, 0.1) is 11.3 Å². The van der Waals surface area contributed by atoms with Crippen molar-refractivity contribution in [3.63, 3.8) is 0 Å². The van der Waals surface area contributed by atoms with Gasteiger partial charge in [0.25, 0.3) is 0 Å². The molecule has 33 heavy (non-hydrogen) atoms. The molecular weight excluding hydrogens is 440 g/mol. The van der Waals surface area contributed by atoms with Crippen molar-refractivity contribution < 1.29 is 17.6 Å². The molecule has 8 nitrogen and oxygen atoms in total. The summed E-state index contributed by atoms with van der Waals surface area (Å²) in [6.45, 7) is 2.07. The monoisotopic (exact) mass is 468 g/mol. The molecule has 1 amide bonds. The summed E-state index contributed by atoms with van der Waals surface area (Å²) in [4.78, 5) is 17.1. The van der Waals surface area contributed by atoms with E-state index in [4.69, 9.17) is 4.42 Å². The van der Waals surface area contributed by atoms with Crippen molar-refractivity contribution >= 4 is 15.9 Å². The first kappa shape index (κ1) is 23.2. The van der Waals surface area contributed by atoms with E-state index in [0.717, 1.165) is 37.1 Å². The number of carbonyl (C=O) groups is 1. The topological polar surface area (TPSA) is 97.9 Å². The molecular formula is C24H28N4O4S. The number of amides is 1. The number of hydrogen-bond acceptors (Lipinski definition) is 6. The van der Waals surface area contributed by atoms with Crippen molar-refractivity contribution in [1.82, 2.24) is 14.1 Å². The lowest BCUT2D eigenvalue weighted by Crippen LogP contribution is -2.51. The van der Waals surface area contributed by atoms with E-state index in [1.54, 1.807) is 18.4 Å². The summed E-state index contributed by atoms with van der Waals surface area (Å²) in [6.07, 6.45) is 7.79. The van der Waals surface area contributed by atoms with Gasteiger partial charge in [-0.05, 0) is 49.9 Å². The molecule has 1 saturated heterocycles. The largest absolute Gasteiger partial charge is 0.467 e. The summed E-state index contributed by atoms with van der Waals surface area (Å²) in [6, 6.07) is 11.9. The Morgan fingerprint density at radius 1 is 1.09 bits per heavy atom. The van der Waals surface area contributed by atoms with Crippen molar-refractivity contribution in [3.8, 4) is 6.07 Å². The zero-order valence-corrected chi connectivity index (χ0v) is 19.3. The minimum Gasteiger partial charge on any atom is -0.467 e. The minimum atomic E-state index is -3.76. The van der Waals surface area contributed by atoms with Gasteiger partial charge in [-0.25, -0.2) is 8.42 Å². The molecule has 1 aliphatic carbocycles. The molecule has 0 unspecified atom stereocenters. The number of furan rings is 1. The van der Waals surface area contributed by atoms with Crippen LogP contribution in [-0.4, -0.2) is 61.2 Å². The molecule has 2 heterocycles. The Kier molecular flexibility index (Phi) is 7.28. The second-order valence-corrected chi connectivity index (χ2v) is 10.2. The predicted molar refractivity (Wildman–Crippen MR) is 122 cm³/mol. The van der Waals surface area contributed by atoms with E-state index in [1.807, 2.05) is 28.0 Å². The van der Waals surface area contributed by atoms with Crippen LogP contribution >= 0.6 is 0 Å². The molecule has 9 heteroatoms. The Morgan fingerprint density at radius 3 is 2.55 bits per heavy atom. The first-order chi connectivity index (χ1) is 16.0. The highest BCUT2D eigenvalue weighted by Gasteiger charge is 2.31. The van der Waals surface area contributed by atoms with Gasteiger partial charge in [-0.3, -0.25) is 9.69 Å². The van der Waals surface area contributed by atoms with E-state index in [0.29, 0.717) is 19.6 Å². The van der Waals surface area contributed by atoms with Crippen LogP contribution in [0.25, 0.3) is 0 Å². The maximum atomic E-state index is 13.3. The lowest BCUT2D eigenvalue weighted by atomic mass is 10.0. The van der Waals surface area contributed by atoms with Crippen molar-refractivity contribution in [2.45, 2.75) is 37.1 Å². The van der Waals surface area contributed by atoms with Crippen molar-refractivity contribution in [2.24, 2.45) is 0 Å². The van der Waals surface area contributed by atoms with E-state index in [-0.39, 0.29) is 36.0 Å². The summed E-state index contributed by atoms with van der Waals surface area (Å²) in [7, 11) is -3.76. The Balaban J connectivity index is 1.40. The molecule has 2 aromatic rings. The lowest BCUT2D eigenvalue weighted by molar-refractivity contribution is -0.131. The molecule has 0 saturated carbocycles. The highest BCUT2D eigenvalue weighted by molar-refractivity contribution is 7.89. The van der Waals surface area contributed by atoms with Gasteiger partial charge in [-0.15, -0.1) is 0 Å². The number of allylic oxidation sites excluding steroid dienone is 2. The Bertz CT molecular complexity index is 1140. The first-order valence-corrected chi connectivity index (χ1v) is 12.7. The molecule has 1 aliphatic heterocycles. The number of hydrogen-bond donors (Lipinski definition) is 0. The van der Waals surface area contributed by atoms with Gasteiger partial charge in [0.2, 0.25) is 15.9 Å². The van der Waals surface area contributed by atoms with Crippen LogP contribution in [0.2, 0.25) is 0 Å². The number of carbonyl (C=O) groups excluding carboxylic acids is 1. The molecule has 1 fully saturated rings. The van der Waals surface area contributed by atoms with Gasteiger partial charge in [0.05, 0.1) is 29.8 Å². The van der Waals surface area contributed by atoms with Crippen LogP contribution in [0.3, 0.4) is 0 Å². The molecule has 0 bridgehead atoms. The van der Waals surface area contributed by atoms with Crippen molar-refractivity contribution in [1.29, 1.82) is 5.26 Å². The fourth-order valence-electron chi connectivity index (χ4n) is 4.30. The Labute approximate surface area is 194 Å². The normalized spacial score (nSPS) is 17.8.